The van der Waals surface area contributed by atoms with Gasteiger partial charge >= 0.3 is 6.16 Å². The fraction of sp³-hybridized carbons (Fsp3) is 0.943. The van der Waals surface area contributed by atoms with Crippen molar-refractivity contribution in [2.24, 2.45) is 57.4 Å². The summed E-state index contributed by atoms with van der Waals surface area (Å²) in [6.07, 6.45) is 19.0. The fourth-order valence-electron chi connectivity index (χ4n) is 10.4. The van der Waals surface area contributed by atoms with Crippen molar-refractivity contribution in [3.8, 4) is 0 Å². The second-order valence-corrected chi connectivity index (χ2v) is 15.2. The summed E-state index contributed by atoms with van der Waals surface area (Å²) in [4.78, 5) is 17.7. The number of hydrogen-bond acceptors (Lipinski definition) is 4. The van der Waals surface area contributed by atoms with Gasteiger partial charge < -0.3 is 4.74 Å². The lowest BCUT2D eigenvalue weighted by Gasteiger charge is -2.61. The van der Waals surface area contributed by atoms with E-state index in [4.69, 9.17) is 9.57 Å². The van der Waals surface area contributed by atoms with E-state index in [-0.39, 0.29) is 6.10 Å². The van der Waals surface area contributed by atoms with Gasteiger partial charge in [-0.05, 0) is 123 Å². The zero-order chi connectivity index (χ0) is 28.2. The molecule has 39 heavy (non-hydrogen) atoms. The first kappa shape index (κ1) is 30.9. The van der Waals surface area contributed by atoms with Crippen molar-refractivity contribution in [2.45, 2.75) is 157 Å². The molecule has 4 aliphatic carbocycles. The van der Waals surface area contributed by atoms with Gasteiger partial charge in [0, 0.05) is 0 Å². The lowest BCUT2D eigenvalue weighted by molar-refractivity contribution is -0.132. The normalized spacial score (nSPS) is 38.4. The summed E-state index contributed by atoms with van der Waals surface area (Å²) in [6.45, 7) is 16.9. The van der Waals surface area contributed by atoms with Crippen LogP contribution >= 0.6 is 0 Å². The van der Waals surface area contributed by atoms with Gasteiger partial charge in [0.25, 0.3) is 0 Å². The molecule has 0 N–H and O–H groups in total. The molecule has 0 amide bonds. The van der Waals surface area contributed by atoms with E-state index in [0.29, 0.717) is 16.7 Å². The lowest BCUT2D eigenvalue weighted by Crippen LogP contribution is -2.54. The predicted molar refractivity (Wildman–Crippen MR) is 162 cm³/mol. The van der Waals surface area contributed by atoms with E-state index in [1.54, 1.807) is 0 Å². The molecule has 4 saturated carbocycles. The number of fused-ring (bicyclic) bond motifs is 5. The average molecular weight is 544 g/mol. The molecular weight excluding hydrogens is 482 g/mol. The number of carbonyl (C=O) groups is 1. The van der Waals surface area contributed by atoms with Crippen LogP contribution in [0.3, 0.4) is 0 Å². The third kappa shape index (κ3) is 6.72. The highest BCUT2D eigenvalue weighted by Gasteiger charge is 2.60. The van der Waals surface area contributed by atoms with E-state index in [2.05, 4.69) is 53.6 Å². The molecule has 224 valence electrons. The predicted octanol–water partition coefficient (Wildman–Crippen LogP) is 10.6. The highest BCUT2D eigenvalue weighted by molar-refractivity contribution is 5.84. The second kappa shape index (κ2) is 13.3. The van der Waals surface area contributed by atoms with Gasteiger partial charge in [-0.1, -0.05) is 85.7 Å². The van der Waals surface area contributed by atoms with Gasteiger partial charge in [-0.25, -0.2) is 4.79 Å². The van der Waals surface area contributed by atoms with Gasteiger partial charge in [0.05, 0.1) is 5.71 Å². The van der Waals surface area contributed by atoms with Gasteiger partial charge in [0.2, 0.25) is 0 Å². The molecule has 0 aliphatic heterocycles. The van der Waals surface area contributed by atoms with Crippen LogP contribution in [0.1, 0.15) is 151 Å². The Balaban J connectivity index is 1.33. The number of carbonyl (C=O) groups excluding carboxylic acids is 1. The van der Waals surface area contributed by atoms with Gasteiger partial charge in [-0.15, -0.1) is 0 Å². The van der Waals surface area contributed by atoms with Gasteiger partial charge in [0.15, 0.2) is 0 Å². The van der Waals surface area contributed by atoms with Crippen LogP contribution in [0.4, 0.5) is 4.79 Å². The van der Waals surface area contributed by atoms with Crippen LogP contribution in [-0.4, -0.2) is 18.0 Å². The van der Waals surface area contributed by atoms with Gasteiger partial charge in [-0.2, -0.15) is 0 Å². The minimum absolute atomic E-state index is 0.0143. The SMILES string of the molecule is CCCC(CCC)=NOC(=O)O[C@H]1CC[C@@]2(C)[C@@H](CC[C@H]3[C@H]2CC[C@]2(C)[C@@H]3CC[C@H]2[C@@H](C)CCCC(C)C)C1. The quantitative estimate of drug-likeness (QED) is 0.113. The maximum Gasteiger partial charge on any atom is 0.535 e. The minimum atomic E-state index is -0.602. The summed E-state index contributed by atoms with van der Waals surface area (Å²) >= 11 is 0. The van der Waals surface area contributed by atoms with Crippen molar-refractivity contribution in [1.29, 1.82) is 0 Å². The first-order valence-corrected chi connectivity index (χ1v) is 17.1. The average Bonchev–Trinajstić information content (AvgIpc) is 3.25. The molecular formula is C35H61NO3. The van der Waals surface area contributed by atoms with E-state index in [0.717, 1.165) is 79.7 Å². The molecule has 0 aromatic carbocycles. The molecule has 0 heterocycles. The van der Waals surface area contributed by atoms with Crippen molar-refractivity contribution in [1.82, 2.24) is 0 Å². The molecule has 0 radical (unpaired) electrons. The minimum Gasteiger partial charge on any atom is -0.429 e. The van der Waals surface area contributed by atoms with Crippen LogP contribution in [0.15, 0.2) is 5.16 Å². The Morgan fingerprint density at radius 1 is 0.872 bits per heavy atom. The summed E-state index contributed by atoms with van der Waals surface area (Å²) in [5.41, 5.74) is 1.93. The van der Waals surface area contributed by atoms with Crippen LogP contribution in [0.2, 0.25) is 0 Å². The van der Waals surface area contributed by atoms with E-state index in [1.165, 1.54) is 64.2 Å². The second-order valence-electron chi connectivity index (χ2n) is 15.2. The van der Waals surface area contributed by atoms with Gasteiger partial charge in [-0.3, -0.25) is 4.84 Å². The smallest absolute Gasteiger partial charge is 0.429 e. The highest BCUT2D eigenvalue weighted by atomic mass is 16.8. The third-order valence-electron chi connectivity index (χ3n) is 12.4. The van der Waals surface area contributed by atoms with Crippen LogP contribution < -0.4 is 0 Å². The molecule has 0 saturated heterocycles. The Morgan fingerprint density at radius 2 is 1.56 bits per heavy atom. The summed E-state index contributed by atoms with van der Waals surface area (Å²) < 4.78 is 5.83. The lowest BCUT2D eigenvalue weighted by atomic mass is 9.44. The summed E-state index contributed by atoms with van der Waals surface area (Å²) in [7, 11) is 0. The molecule has 0 unspecified atom stereocenters. The van der Waals surface area contributed by atoms with Crippen LogP contribution in [0.25, 0.3) is 0 Å². The van der Waals surface area contributed by atoms with Crippen molar-refractivity contribution in [3.05, 3.63) is 0 Å². The Hall–Kier alpha value is -1.06. The molecule has 4 rings (SSSR count). The Kier molecular flexibility index (Phi) is 10.5. The molecule has 0 bridgehead atoms. The summed E-state index contributed by atoms with van der Waals surface area (Å²) in [6, 6.07) is 0. The van der Waals surface area contributed by atoms with Crippen LogP contribution in [0, 0.1) is 52.3 Å². The fourth-order valence-corrected chi connectivity index (χ4v) is 10.4. The molecule has 4 aliphatic rings. The molecule has 4 fully saturated rings. The highest BCUT2D eigenvalue weighted by Crippen LogP contribution is 2.68. The third-order valence-corrected chi connectivity index (χ3v) is 12.4. The van der Waals surface area contributed by atoms with Gasteiger partial charge in [0.1, 0.15) is 6.10 Å². The first-order chi connectivity index (χ1) is 18.6. The van der Waals surface area contributed by atoms with Crippen molar-refractivity contribution >= 4 is 11.9 Å². The number of nitrogens with zero attached hydrogens (tertiary/aromatic N) is 1. The number of rotatable bonds is 11. The van der Waals surface area contributed by atoms with Crippen molar-refractivity contribution in [3.63, 3.8) is 0 Å². The topological polar surface area (TPSA) is 47.9 Å². The zero-order valence-electron chi connectivity index (χ0n) is 26.6. The standard InChI is InChI=1S/C35H61NO3/c1-8-11-27(12-9-2)36-39-33(37)38-28-19-21-34(6)26(23-28)15-16-29-31-18-17-30(25(5)14-10-13-24(3)4)35(31,7)22-20-32(29)34/h24-26,28-32H,8-23H2,1-7H3/t25-,26-,28-,29+,30-,31+,32+,34-,35-/m0/s1. The van der Waals surface area contributed by atoms with Crippen molar-refractivity contribution in [2.75, 3.05) is 0 Å². The van der Waals surface area contributed by atoms with Crippen LogP contribution in [0.5, 0.6) is 0 Å². The Labute approximate surface area is 240 Å². The molecule has 0 aromatic rings. The summed E-state index contributed by atoms with van der Waals surface area (Å²) in [5.74, 6) is 5.99. The summed E-state index contributed by atoms with van der Waals surface area (Å²) in [5, 5.41) is 4.14. The molecule has 0 spiro atoms. The number of ether oxygens (including phenoxy) is 1. The Bertz CT molecular complexity index is 830. The molecule has 4 nitrogen and oxygen atoms in total. The van der Waals surface area contributed by atoms with Crippen molar-refractivity contribution < 1.29 is 14.4 Å². The number of hydrogen-bond donors (Lipinski definition) is 0. The monoisotopic (exact) mass is 543 g/mol. The number of oxime groups is 1. The molecule has 9 atom stereocenters. The molecule has 0 aromatic heterocycles. The molecule has 4 heteroatoms. The van der Waals surface area contributed by atoms with Crippen LogP contribution in [-0.2, 0) is 9.57 Å². The largest absolute Gasteiger partial charge is 0.535 e. The maximum atomic E-state index is 12.5. The maximum absolute atomic E-state index is 12.5. The van der Waals surface area contributed by atoms with E-state index in [1.807, 2.05) is 0 Å². The Morgan fingerprint density at radius 3 is 2.26 bits per heavy atom. The van der Waals surface area contributed by atoms with E-state index < -0.39 is 6.16 Å². The van der Waals surface area contributed by atoms with E-state index in [9.17, 15) is 4.79 Å². The first-order valence-electron chi connectivity index (χ1n) is 17.1. The zero-order valence-corrected chi connectivity index (χ0v) is 26.6. The van der Waals surface area contributed by atoms with E-state index >= 15 is 0 Å².